The van der Waals surface area contributed by atoms with Crippen LogP contribution < -0.4 is 4.74 Å². The average molecular weight is 307 g/mol. The van der Waals surface area contributed by atoms with Gasteiger partial charge in [-0.1, -0.05) is 23.2 Å². The summed E-state index contributed by atoms with van der Waals surface area (Å²) in [5.41, 5.74) is 0.821. The van der Waals surface area contributed by atoms with E-state index in [9.17, 15) is 4.79 Å². The minimum Gasteiger partial charge on any atom is -0.436 e. The number of halogens is 2. The molecule has 0 aliphatic heterocycles. The van der Waals surface area contributed by atoms with Gasteiger partial charge in [0.2, 0.25) is 5.88 Å². The minimum atomic E-state index is -0.0898. The molecule has 0 fully saturated rings. The standard InChI is InChI=1S/C14H8Cl2N2O2/c1-8(19)10-2-3-13(11(15)5-10)20-14-12(16)4-9(6-17)7-18-14/h2-5,7H,1H3. The second-order valence-corrected chi connectivity index (χ2v) is 4.74. The second-order valence-electron chi connectivity index (χ2n) is 3.93. The Balaban J connectivity index is 2.31. The van der Waals surface area contributed by atoms with E-state index in [1.165, 1.54) is 25.3 Å². The van der Waals surface area contributed by atoms with Crippen LogP contribution in [0.4, 0.5) is 0 Å². The van der Waals surface area contributed by atoms with Crippen molar-refractivity contribution in [2.75, 3.05) is 0 Å². The molecule has 100 valence electrons. The first-order chi connectivity index (χ1) is 9.51. The molecule has 0 radical (unpaired) electrons. The van der Waals surface area contributed by atoms with Gasteiger partial charge in [-0.25, -0.2) is 4.98 Å². The summed E-state index contributed by atoms with van der Waals surface area (Å²) < 4.78 is 5.48. The van der Waals surface area contributed by atoms with Crippen LogP contribution in [0.3, 0.4) is 0 Å². The van der Waals surface area contributed by atoms with Gasteiger partial charge in [0, 0.05) is 11.8 Å². The summed E-state index contributed by atoms with van der Waals surface area (Å²) in [6.07, 6.45) is 1.35. The third kappa shape index (κ3) is 3.08. The van der Waals surface area contributed by atoms with Crippen LogP contribution in [0.25, 0.3) is 0 Å². The largest absolute Gasteiger partial charge is 0.436 e. The number of pyridine rings is 1. The van der Waals surface area contributed by atoms with E-state index in [-0.39, 0.29) is 21.7 Å². The highest BCUT2D eigenvalue weighted by molar-refractivity contribution is 6.33. The van der Waals surface area contributed by atoms with E-state index >= 15 is 0 Å². The van der Waals surface area contributed by atoms with E-state index in [1.54, 1.807) is 12.1 Å². The first-order valence-corrected chi connectivity index (χ1v) is 6.31. The molecular weight excluding hydrogens is 299 g/mol. The highest BCUT2D eigenvalue weighted by atomic mass is 35.5. The third-order valence-corrected chi connectivity index (χ3v) is 3.05. The Labute approximate surface area is 125 Å². The van der Waals surface area contributed by atoms with Crippen molar-refractivity contribution < 1.29 is 9.53 Å². The van der Waals surface area contributed by atoms with Gasteiger partial charge in [0.25, 0.3) is 0 Å². The van der Waals surface area contributed by atoms with Crippen molar-refractivity contribution in [2.45, 2.75) is 6.92 Å². The zero-order valence-corrected chi connectivity index (χ0v) is 11.9. The maximum absolute atomic E-state index is 11.2. The molecule has 20 heavy (non-hydrogen) atoms. The Morgan fingerprint density at radius 3 is 2.60 bits per heavy atom. The Kier molecular flexibility index (Phi) is 4.23. The number of Topliss-reactive ketones (excluding diaryl/α,β-unsaturated/α-hetero) is 1. The fourth-order valence-electron chi connectivity index (χ4n) is 1.47. The lowest BCUT2D eigenvalue weighted by Crippen LogP contribution is -1.94. The molecule has 2 rings (SSSR count). The second kappa shape index (κ2) is 5.91. The van der Waals surface area contributed by atoms with Crippen LogP contribution in [0.5, 0.6) is 11.6 Å². The van der Waals surface area contributed by atoms with E-state index in [0.29, 0.717) is 16.9 Å². The normalized spacial score (nSPS) is 9.90. The highest BCUT2D eigenvalue weighted by Crippen LogP contribution is 2.32. The summed E-state index contributed by atoms with van der Waals surface area (Å²) in [6, 6.07) is 8.04. The number of nitrogens with zero attached hydrogens (tertiary/aromatic N) is 2. The monoisotopic (exact) mass is 306 g/mol. The molecule has 0 aliphatic rings. The third-order valence-electron chi connectivity index (χ3n) is 2.48. The number of aromatic nitrogens is 1. The van der Waals surface area contributed by atoms with Gasteiger partial charge in [-0.2, -0.15) is 5.26 Å². The van der Waals surface area contributed by atoms with Gasteiger partial charge in [-0.05, 0) is 31.2 Å². The summed E-state index contributed by atoms with van der Waals surface area (Å²) >= 11 is 12.0. The molecule has 0 N–H and O–H groups in total. The number of ketones is 1. The van der Waals surface area contributed by atoms with Gasteiger partial charge >= 0.3 is 0 Å². The van der Waals surface area contributed by atoms with Gasteiger partial charge in [0.05, 0.1) is 10.6 Å². The fourth-order valence-corrected chi connectivity index (χ4v) is 1.89. The quantitative estimate of drug-likeness (QED) is 0.795. The van der Waals surface area contributed by atoms with Crippen molar-refractivity contribution in [3.05, 3.63) is 51.6 Å². The number of nitriles is 1. The van der Waals surface area contributed by atoms with Crippen molar-refractivity contribution in [3.8, 4) is 17.7 Å². The maximum atomic E-state index is 11.2. The van der Waals surface area contributed by atoms with Crippen molar-refractivity contribution in [1.29, 1.82) is 5.26 Å². The summed E-state index contributed by atoms with van der Waals surface area (Å²) in [6.45, 7) is 1.45. The number of rotatable bonds is 3. The lowest BCUT2D eigenvalue weighted by molar-refractivity contribution is 0.101. The molecule has 4 nitrogen and oxygen atoms in total. The van der Waals surface area contributed by atoms with Crippen molar-refractivity contribution in [1.82, 2.24) is 4.98 Å². The fraction of sp³-hybridized carbons (Fsp3) is 0.0714. The molecule has 0 bridgehead atoms. The summed E-state index contributed by atoms with van der Waals surface area (Å²) in [7, 11) is 0. The highest BCUT2D eigenvalue weighted by Gasteiger charge is 2.10. The van der Waals surface area contributed by atoms with Crippen LogP contribution >= 0.6 is 23.2 Å². The first-order valence-electron chi connectivity index (χ1n) is 5.55. The smallest absolute Gasteiger partial charge is 0.238 e. The average Bonchev–Trinajstić information content (AvgIpc) is 2.42. The van der Waals surface area contributed by atoms with Crippen LogP contribution in [0.1, 0.15) is 22.8 Å². The molecule has 0 unspecified atom stereocenters. The van der Waals surface area contributed by atoms with Crippen molar-refractivity contribution in [2.24, 2.45) is 0 Å². The molecule has 0 amide bonds. The number of benzene rings is 1. The Morgan fingerprint density at radius 2 is 2.05 bits per heavy atom. The summed E-state index contributed by atoms with van der Waals surface area (Å²) in [5, 5.41) is 9.21. The molecule has 1 aromatic heterocycles. The SMILES string of the molecule is CC(=O)c1ccc(Oc2ncc(C#N)cc2Cl)c(Cl)c1. The topological polar surface area (TPSA) is 63.0 Å². The molecular formula is C14H8Cl2N2O2. The number of hydrogen-bond donors (Lipinski definition) is 0. The predicted molar refractivity (Wildman–Crippen MR) is 75.5 cm³/mol. The Bertz CT molecular complexity index is 724. The molecule has 1 heterocycles. The van der Waals surface area contributed by atoms with Crippen LogP contribution in [0, 0.1) is 11.3 Å². The Morgan fingerprint density at radius 1 is 1.30 bits per heavy atom. The van der Waals surface area contributed by atoms with Crippen LogP contribution in [-0.4, -0.2) is 10.8 Å². The van der Waals surface area contributed by atoms with Crippen molar-refractivity contribution >= 4 is 29.0 Å². The number of hydrogen-bond acceptors (Lipinski definition) is 4. The van der Waals surface area contributed by atoms with Gasteiger partial charge < -0.3 is 4.74 Å². The molecule has 0 saturated heterocycles. The van der Waals surface area contributed by atoms with E-state index in [0.717, 1.165) is 0 Å². The van der Waals surface area contributed by atoms with Gasteiger partial charge in [0.15, 0.2) is 5.78 Å². The lowest BCUT2D eigenvalue weighted by atomic mass is 10.1. The van der Waals surface area contributed by atoms with E-state index in [4.69, 9.17) is 33.2 Å². The summed E-state index contributed by atoms with van der Waals surface area (Å²) in [4.78, 5) is 15.2. The van der Waals surface area contributed by atoms with E-state index in [1.807, 2.05) is 6.07 Å². The number of carbonyl (C=O) groups excluding carboxylic acids is 1. The zero-order valence-electron chi connectivity index (χ0n) is 10.4. The molecule has 0 aliphatic carbocycles. The molecule has 2 aromatic rings. The van der Waals surface area contributed by atoms with E-state index in [2.05, 4.69) is 4.98 Å². The lowest BCUT2D eigenvalue weighted by Gasteiger charge is -2.08. The summed E-state index contributed by atoms with van der Waals surface area (Å²) in [5.74, 6) is 0.381. The predicted octanol–water partition coefficient (Wildman–Crippen LogP) is 4.25. The van der Waals surface area contributed by atoms with E-state index < -0.39 is 0 Å². The minimum absolute atomic E-state index is 0.0898. The molecule has 1 aromatic carbocycles. The zero-order chi connectivity index (χ0) is 14.7. The first kappa shape index (κ1) is 14.3. The molecule has 0 saturated carbocycles. The van der Waals surface area contributed by atoms with Gasteiger partial charge in [0.1, 0.15) is 16.8 Å². The van der Waals surface area contributed by atoms with Gasteiger partial charge in [-0.3, -0.25) is 4.79 Å². The molecule has 0 spiro atoms. The van der Waals surface area contributed by atoms with Crippen LogP contribution in [-0.2, 0) is 0 Å². The van der Waals surface area contributed by atoms with Gasteiger partial charge in [-0.15, -0.1) is 0 Å². The number of carbonyl (C=O) groups is 1. The van der Waals surface area contributed by atoms with Crippen molar-refractivity contribution in [3.63, 3.8) is 0 Å². The number of ether oxygens (including phenoxy) is 1. The Hall–Kier alpha value is -2.09. The van der Waals surface area contributed by atoms with Crippen LogP contribution in [0.15, 0.2) is 30.5 Å². The molecule has 6 heteroatoms. The van der Waals surface area contributed by atoms with Crippen LogP contribution in [0.2, 0.25) is 10.0 Å². The molecule has 0 atom stereocenters. The maximum Gasteiger partial charge on any atom is 0.238 e.